The highest BCUT2D eigenvalue weighted by Gasteiger charge is 2.13. The van der Waals surface area contributed by atoms with E-state index in [-0.39, 0.29) is 6.61 Å². The minimum absolute atomic E-state index is 0.256. The second kappa shape index (κ2) is 9.42. The lowest BCUT2D eigenvalue weighted by Gasteiger charge is -2.14. The molecule has 0 unspecified atom stereocenters. The van der Waals surface area contributed by atoms with Crippen LogP contribution in [-0.4, -0.2) is 23.0 Å². The molecule has 0 aliphatic carbocycles. The Bertz CT molecular complexity index is 1430. The number of nitrogens with one attached hydrogen (secondary N) is 1. The van der Waals surface area contributed by atoms with Crippen molar-refractivity contribution in [2.75, 3.05) is 7.11 Å². The summed E-state index contributed by atoms with van der Waals surface area (Å²) in [6.45, 7) is 0.256. The van der Waals surface area contributed by atoms with Gasteiger partial charge in [-0.15, -0.1) is 4.68 Å². The van der Waals surface area contributed by atoms with E-state index in [1.807, 2.05) is 12.1 Å². The predicted octanol–water partition coefficient (Wildman–Crippen LogP) is 4.58. The van der Waals surface area contributed by atoms with Gasteiger partial charge in [-0.05, 0) is 42.0 Å². The van der Waals surface area contributed by atoms with Crippen molar-refractivity contribution in [3.05, 3.63) is 102 Å². The highest BCUT2D eigenvalue weighted by Crippen LogP contribution is 2.34. The van der Waals surface area contributed by atoms with Crippen LogP contribution in [0.4, 0.5) is 0 Å². The van der Waals surface area contributed by atoms with Crippen molar-refractivity contribution in [1.82, 2.24) is 9.66 Å². The van der Waals surface area contributed by atoms with Gasteiger partial charge in [-0.3, -0.25) is 4.79 Å². The second-order valence-electron chi connectivity index (χ2n) is 6.78. The first kappa shape index (κ1) is 21.9. The van der Waals surface area contributed by atoms with Crippen LogP contribution in [0.15, 0.2) is 79.8 Å². The zero-order chi connectivity index (χ0) is 22.7. The number of aromatic nitrogens is 2. The quantitative estimate of drug-likeness (QED) is 0.382. The summed E-state index contributed by atoms with van der Waals surface area (Å²) in [4.78, 5) is 27.8. The maximum atomic E-state index is 12.7. The van der Waals surface area contributed by atoms with E-state index in [1.54, 1.807) is 48.5 Å². The van der Waals surface area contributed by atoms with Crippen LogP contribution in [-0.2, 0) is 6.61 Å². The van der Waals surface area contributed by atoms with E-state index in [9.17, 15) is 9.59 Å². The Morgan fingerprint density at radius 3 is 2.62 bits per heavy atom. The number of hydrogen-bond acceptors (Lipinski definition) is 5. The van der Waals surface area contributed by atoms with Crippen molar-refractivity contribution in [2.45, 2.75) is 6.61 Å². The molecule has 0 spiro atoms. The molecule has 0 bridgehead atoms. The minimum Gasteiger partial charge on any atom is -0.493 e. The number of ether oxygens (including phenoxy) is 2. The summed E-state index contributed by atoms with van der Waals surface area (Å²) in [5, 5.41) is 5.12. The van der Waals surface area contributed by atoms with Crippen molar-refractivity contribution in [1.29, 1.82) is 0 Å². The summed E-state index contributed by atoms with van der Waals surface area (Å²) in [5.74, 6) is 0.884. The smallest absolute Gasteiger partial charge is 0.349 e. The van der Waals surface area contributed by atoms with Gasteiger partial charge in [0.15, 0.2) is 11.5 Å². The Balaban J connectivity index is 1.73. The number of rotatable bonds is 6. The predicted molar refractivity (Wildman–Crippen MR) is 128 cm³/mol. The van der Waals surface area contributed by atoms with Gasteiger partial charge in [0.2, 0.25) is 0 Å². The van der Waals surface area contributed by atoms with Crippen LogP contribution in [0.1, 0.15) is 11.1 Å². The molecule has 32 heavy (non-hydrogen) atoms. The number of para-hydroxylation sites is 1. The Morgan fingerprint density at radius 2 is 1.88 bits per heavy atom. The van der Waals surface area contributed by atoms with Crippen molar-refractivity contribution >= 4 is 44.6 Å². The topological polar surface area (TPSA) is 85.7 Å². The van der Waals surface area contributed by atoms with Gasteiger partial charge >= 0.3 is 5.69 Å². The first-order valence-corrected chi connectivity index (χ1v) is 10.7. The molecular formula is C23H17BrClN3O4. The zero-order valence-electron chi connectivity index (χ0n) is 16.8. The lowest BCUT2D eigenvalue weighted by Crippen LogP contribution is -2.32. The van der Waals surface area contributed by atoms with E-state index in [4.69, 9.17) is 21.1 Å². The molecule has 7 nitrogen and oxygen atoms in total. The maximum absolute atomic E-state index is 12.7. The Labute approximate surface area is 196 Å². The molecule has 1 heterocycles. The molecule has 162 valence electrons. The van der Waals surface area contributed by atoms with Gasteiger partial charge < -0.3 is 14.5 Å². The number of benzene rings is 3. The van der Waals surface area contributed by atoms with E-state index in [1.165, 1.54) is 13.3 Å². The molecule has 1 aromatic heterocycles. The second-order valence-corrected chi connectivity index (χ2v) is 8.13. The monoisotopic (exact) mass is 513 g/mol. The first-order chi connectivity index (χ1) is 15.5. The normalized spacial score (nSPS) is 11.2. The van der Waals surface area contributed by atoms with Gasteiger partial charge in [-0.25, -0.2) is 4.79 Å². The van der Waals surface area contributed by atoms with Crippen LogP contribution in [0.2, 0.25) is 5.02 Å². The Kier molecular flexibility index (Phi) is 6.43. The summed E-state index contributed by atoms with van der Waals surface area (Å²) in [6, 6.07) is 17.5. The number of fused-ring (bicyclic) bond motifs is 1. The molecule has 4 rings (SSSR count). The van der Waals surface area contributed by atoms with Gasteiger partial charge in [-0.2, -0.15) is 5.10 Å². The molecular weight excluding hydrogens is 498 g/mol. The van der Waals surface area contributed by atoms with Crippen LogP contribution >= 0.6 is 27.5 Å². The Hall–Kier alpha value is -3.36. The highest BCUT2D eigenvalue weighted by atomic mass is 79.9. The number of hydrogen-bond donors (Lipinski definition) is 1. The molecule has 0 fully saturated rings. The van der Waals surface area contributed by atoms with Gasteiger partial charge in [0.05, 0.1) is 24.2 Å². The Morgan fingerprint density at radius 1 is 1.12 bits per heavy atom. The van der Waals surface area contributed by atoms with E-state index in [0.29, 0.717) is 33.0 Å². The number of aromatic amines is 1. The molecule has 0 saturated carbocycles. The van der Waals surface area contributed by atoms with Crippen molar-refractivity contribution in [3.63, 3.8) is 0 Å². The third-order valence-electron chi connectivity index (χ3n) is 4.66. The van der Waals surface area contributed by atoms with Crippen LogP contribution in [0.25, 0.3) is 10.9 Å². The van der Waals surface area contributed by atoms with E-state index < -0.39 is 11.2 Å². The lowest BCUT2D eigenvalue weighted by molar-refractivity contribution is 0.284. The molecule has 1 N–H and O–H groups in total. The average molecular weight is 515 g/mol. The SMILES string of the molecule is COc1cc(Br)cc(C=Nn2c(=O)[nH]c3ccccc3c2=O)c1OCc1ccc(Cl)cc1. The molecule has 0 aliphatic heterocycles. The number of nitrogens with zero attached hydrogens (tertiary/aromatic N) is 2. The number of methoxy groups -OCH3 is 1. The molecule has 0 radical (unpaired) electrons. The van der Waals surface area contributed by atoms with Gasteiger partial charge in [0, 0.05) is 15.1 Å². The highest BCUT2D eigenvalue weighted by molar-refractivity contribution is 9.10. The van der Waals surface area contributed by atoms with E-state index in [0.717, 1.165) is 14.7 Å². The summed E-state index contributed by atoms with van der Waals surface area (Å²) in [5.41, 5.74) is 0.709. The number of halogens is 2. The van der Waals surface area contributed by atoms with E-state index >= 15 is 0 Å². The van der Waals surface area contributed by atoms with Crippen molar-refractivity contribution in [2.24, 2.45) is 5.10 Å². The molecule has 3 aromatic carbocycles. The largest absolute Gasteiger partial charge is 0.493 e. The van der Waals surface area contributed by atoms with Crippen LogP contribution in [0.3, 0.4) is 0 Å². The maximum Gasteiger partial charge on any atom is 0.349 e. The lowest BCUT2D eigenvalue weighted by atomic mass is 10.2. The molecule has 9 heteroatoms. The van der Waals surface area contributed by atoms with E-state index in [2.05, 4.69) is 26.0 Å². The van der Waals surface area contributed by atoms with Gasteiger partial charge in [0.25, 0.3) is 5.56 Å². The molecule has 0 aliphatic rings. The number of H-pyrrole nitrogens is 1. The summed E-state index contributed by atoms with van der Waals surface area (Å²) in [6.07, 6.45) is 1.38. The van der Waals surface area contributed by atoms with Crippen molar-refractivity contribution < 1.29 is 9.47 Å². The molecule has 0 saturated heterocycles. The van der Waals surface area contributed by atoms with Gasteiger partial charge in [0.1, 0.15) is 6.61 Å². The fourth-order valence-electron chi connectivity index (χ4n) is 3.10. The fourth-order valence-corrected chi connectivity index (χ4v) is 3.69. The van der Waals surface area contributed by atoms with Crippen LogP contribution in [0.5, 0.6) is 11.5 Å². The standard InChI is InChI=1S/C23H17BrClN3O4/c1-31-20-11-16(24)10-15(21(20)32-13-14-6-8-17(25)9-7-14)12-26-28-22(29)18-4-2-3-5-19(18)27-23(28)30/h2-12H,13H2,1H3,(H,27,30). The molecule has 0 atom stereocenters. The van der Waals surface area contributed by atoms with Crippen LogP contribution in [0, 0.1) is 0 Å². The third-order valence-corrected chi connectivity index (χ3v) is 5.37. The van der Waals surface area contributed by atoms with Crippen LogP contribution < -0.4 is 20.7 Å². The third kappa shape index (κ3) is 4.61. The van der Waals surface area contributed by atoms with Crippen molar-refractivity contribution in [3.8, 4) is 11.5 Å². The summed E-state index contributed by atoms with van der Waals surface area (Å²) in [7, 11) is 1.52. The molecule has 4 aromatic rings. The summed E-state index contributed by atoms with van der Waals surface area (Å²) < 4.78 is 13.0. The first-order valence-electron chi connectivity index (χ1n) is 9.49. The zero-order valence-corrected chi connectivity index (χ0v) is 19.2. The molecule has 0 amide bonds. The fraction of sp³-hybridized carbons (Fsp3) is 0.0870. The average Bonchev–Trinajstić information content (AvgIpc) is 2.79. The van der Waals surface area contributed by atoms with Gasteiger partial charge in [-0.1, -0.05) is 51.8 Å². The minimum atomic E-state index is -0.643. The summed E-state index contributed by atoms with van der Waals surface area (Å²) >= 11 is 9.37.